The Bertz CT molecular complexity index is 337. The van der Waals surface area contributed by atoms with Gasteiger partial charge in [-0.05, 0) is 18.5 Å². The van der Waals surface area contributed by atoms with E-state index in [0.29, 0.717) is 19.4 Å². The van der Waals surface area contributed by atoms with E-state index in [2.05, 4.69) is 5.32 Å². The summed E-state index contributed by atoms with van der Waals surface area (Å²) in [5.74, 6) is -0.777. The second-order valence-corrected chi connectivity index (χ2v) is 3.93. The molecule has 1 atom stereocenters. The van der Waals surface area contributed by atoms with Crippen LogP contribution in [0, 0.1) is 0 Å². The van der Waals surface area contributed by atoms with Crippen LogP contribution in [-0.4, -0.2) is 23.2 Å². The molecule has 0 spiro atoms. The van der Waals surface area contributed by atoms with E-state index >= 15 is 0 Å². The summed E-state index contributed by atoms with van der Waals surface area (Å²) in [4.78, 5) is 11.4. The lowest BCUT2D eigenvalue weighted by atomic mass is 9.88. The second-order valence-electron chi connectivity index (χ2n) is 3.93. The minimum Gasteiger partial charge on any atom is -0.480 e. The van der Waals surface area contributed by atoms with Gasteiger partial charge in [0.25, 0.3) is 0 Å². The zero-order valence-corrected chi connectivity index (χ0v) is 9.86. The Morgan fingerprint density at radius 2 is 1.94 bits per heavy atom. The molecule has 1 aromatic carbocycles. The number of hydrogen-bond acceptors (Lipinski definition) is 2. The van der Waals surface area contributed by atoms with E-state index < -0.39 is 11.5 Å². The molecule has 1 aromatic rings. The van der Waals surface area contributed by atoms with Crippen molar-refractivity contribution in [2.75, 3.05) is 6.54 Å². The second kappa shape index (κ2) is 5.66. The fourth-order valence-electron chi connectivity index (χ4n) is 1.90. The molecular weight excluding hydrogens is 202 g/mol. The van der Waals surface area contributed by atoms with Crippen molar-refractivity contribution in [3.63, 3.8) is 0 Å². The van der Waals surface area contributed by atoms with E-state index in [0.717, 1.165) is 5.56 Å². The molecule has 1 rings (SSSR count). The van der Waals surface area contributed by atoms with Crippen LogP contribution in [-0.2, 0) is 11.2 Å². The first-order chi connectivity index (χ1) is 7.64. The van der Waals surface area contributed by atoms with E-state index in [1.807, 2.05) is 44.2 Å². The van der Waals surface area contributed by atoms with Crippen molar-refractivity contribution in [3.8, 4) is 0 Å². The summed E-state index contributed by atoms with van der Waals surface area (Å²) in [6, 6.07) is 9.73. The van der Waals surface area contributed by atoms with E-state index in [1.54, 1.807) is 0 Å². The van der Waals surface area contributed by atoms with E-state index in [9.17, 15) is 9.90 Å². The summed E-state index contributed by atoms with van der Waals surface area (Å²) in [6.07, 6.45) is 1.10. The quantitative estimate of drug-likeness (QED) is 0.773. The summed E-state index contributed by atoms with van der Waals surface area (Å²) in [5, 5.41) is 12.4. The normalized spacial score (nSPS) is 14.4. The summed E-state index contributed by atoms with van der Waals surface area (Å²) < 4.78 is 0. The lowest BCUT2D eigenvalue weighted by Crippen LogP contribution is -2.53. The van der Waals surface area contributed by atoms with E-state index in [-0.39, 0.29) is 0 Å². The van der Waals surface area contributed by atoms with Crippen molar-refractivity contribution in [2.45, 2.75) is 32.2 Å². The minimum absolute atomic E-state index is 0.521. The highest BCUT2D eigenvalue weighted by Crippen LogP contribution is 2.17. The molecule has 3 nitrogen and oxygen atoms in total. The summed E-state index contributed by atoms with van der Waals surface area (Å²) in [6.45, 7) is 4.49. The monoisotopic (exact) mass is 221 g/mol. The number of nitrogens with one attached hydrogen (secondary N) is 1. The van der Waals surface area contributed by atoms with Crippen LogP contribution in [0.25, 0.3) is 0 Å². The largest absolute Gasteiger partial charge is 0.480 e. The van der Waals surface area contributed by atoms with Gasteiger partial charge in [0.05, 0.1) is 0 Å². The van der Waals surface area contributed by atoms with Gasteiger partial charge >= 0.3 is 5.97 Å². The predicted octanol–water partition coefficient (Wildman–Crippen LogP) is 2.07. The van der Waals surface area contributed by atoms with Gasteiger partial charge in [-0.2, -0.15) is 0 Å². The maximum atomic E-state index is 11.4. The fraction of sp³-hybridized carbons (Fsp3) is 0.462. The van der Waals surface area contributed by atoms with Gasteiger partial charge in [0, 0.05) is 6.42 Å². The zero-order chi connectivity index (χ0) is 12.0. The molecule has 3 heteroatoms. The summed E-state index contributed by atoms with van der Waals surface area (Å²) in [7, 11) is 0. The van der Waals surface area contributed by atoms with Crippen molar-refractivity contribution in [2.24, 2.45) is 0 Å². The average molecular weight is 221 g/mol. The van der Waals surface area contributed by atoms with E-state index in [1.165, 1.54) is 0 Å². The molecule has 0 saturated heterocycles. The molecule has 16 heavy (non-hydrogen) atoms. The Hall–Kier alpha value is -1.35. The Kier molecular flexibility index (Phi) is 4.50. The van der Waals surface area contributed by atoms with Gasteiger partial charge in [0.2, 0.25) is 0 Å². The maximum absolute atomic E-state index is 11.4. The molecule has 0 aliphatic rings. The predicted molar refractivity (Wildman–Crippen MR) is 64.5 cm³/mol. The third-order valence-electron chi connectivity index (χ3n) is 2.88. The Morgan fingerprint density at radius 3 is 2.38 bits per heavy atom. The highest BCUT2D eigenvalue weighted by molar-refractivity contribution is 5.79. The fourth-order valence-corrected chi connectivity index (χ4v) is 1.90. The molecular formula is C13H19NO2. The first kappa shape index (κ1) is 12.7. The first-order valence-corrected chi connectivity index (χ1v) is 5.67. The number of carbonyl (C=O) groups is 1. The third kappa shape index (κ3) is 2.83. The summed E-state index contributed by atoms with van der Waals surface area (Å²) >= 11 is 0. The maximum Gasteiger partial charge on any atom is 0.324 e. The van der Waals surface area contributed by atoms with Gasteiger partial charge < -0.3 is 10.4 Å². The molecule has 0 aliphatic carbocycles. The van der Waals surface area contributed by atoms with Crippen LogP contribution in [0.5, 0.6) is 0 Å². The van der Waals surface area contributed by atoms with Crippen LogP contribution in [0.3, 0.4) is 0 Å². The number of likely N-dealkylation sites (N-methyl/N-ethyl adjacent to an activating group) is 1. The molecule has 0 bridgehead atoms. The van der Waals surface area contributed by atoms with Crippen LogP contribution in [0.15, 0.2) is 30.3 Å². The van der Waals surface area contributed by atoms with Gasteiger partial charge in [-0.3, -0.25) is 4.79 Å². The van der Waals surface area contributed by atoms with Gasteiger partial charge in [-0.25, -0.2) is 0 Å². The molecule has 0 radical (unpaired) electrons. The van der Waals surface area contributed by atoms with Crippen LogP contribution in [0.4, 0.5) is 0 Å². The number of benzene rings is 1. The minimum atomic E-state index is -0.837. The molecule has 0 amide bonds. The Balaban J connectivity index is 2.90. The average Bonchev–Trinajstić information content (AvgIpc) is 2.29. The van der Waals surface area contributed by atoms with E-state index in [4.69, 9.17) is 0 Å². The van der Waals surface area contributed by atoms with Crippen LogP contribution >= 0.6 is 0 Å². The van der Waals surface area contributed by atoms with Gasteiger partial charge in [-0.1, -0.05) is 44.2 Å². The standard InChI is InChI=1S/C13H19NO2/c1-3-13(12(15)16,14-4-2)10-11-8-6-5-7-9-11/h5-9,14H,3-4,10H2,1-2H3,(H,15,16). The summed E-state index contributed by atoms with van der Waals surface area (Å²) in [5.41, 5.74) is 0.212. The van der Waals surface area contributed by atoms with Crippen molar-refractivity contribution < 1.29 is 9.90 Å². The number of carboxylic acids is 1. The molecule has 0 aliphatic heterocycles. The van der Waals surface area contributed by atoms with Gasteiger partial charge in [-0.15, -0.1) is 0 Å². The lowest BCUT2D eigenvalue weighted by Gasteiger charge is -2.29. The molecule has 0 saturated carbocycles. The van der Waals surface area contributed by atoms with Gasteiger partial charge in [0.1, 0.15) is 5.54 Å². The van der Waals surface area contributed by atoms with Crippen LogP contribution in [0.2, 0.25) is 0 Å². The smallest absolute Gasteiger partial charge is 0.324 e. The molecule has 0 fully saturated rings. The molecule has 0 heterocycles. The van der Waals surface area contributed by atoms with Gasteiger partial charge in [0.15, 0.2) is 0 Å². The number of aliphatic carboxylic acids is 1. The Morgan fingerprint density at radius 1 is 1.31 bits per heavy atom. The molecule has 88 valence electrons. The molecule has 1 unspecified atom stereocenters. The zero-order valence-electron chi connectivity index (χ0n) is 9.86. The molecule has 2 N–H and O–H groups in total. The number of carboxylic acid groups (broad SMARTS) is 1. The lowest BCUT2D eigenvalue weighted by molar-refractivity contribution is -0.145. The topological polar surface area (TPSA) is 49.3 Å². The first-order valence-electron chi connectivity index (χ1n) is 5.67. The van der Waals surface area contributed by atoms with Crippen molar-refractivity contribution in [3.05, 3.63) is 35.9 Å². The highest BCUT2D eigenvalue weighted by Gasteiger charge is 2.35. The molecule has 0 aromatic heterocycles. The van der Waals surface area contributed by atoms with Crippen molar-refractivity contribution in [1.82, 2.24) is 5.32 Å². The van der Waals surface area contributed by atoms with Crippen LogP contribution < -0.4 is 5.32 Å². The highest BCUT2D eigenvalue weighted by atomic mass is 16.4. The van der Waals surface area contributed by atoms with Crippen molar-refractivity contribution >= 4 is 5.97 Å². The SMILES string of the molecule is CCNC(CC)(Cc1ccccc1)C(=O)O. The third-order valence-corrected chi connectivity index (χ3v) is 2.88. The Labute approximate surface area is 96.5 Å². The van der Waals surface area contributed by atoms with Crippen LogP contribution in [0.1, 0.15) is 25.8 Å². The number of rotatable bonds is 6. The number of hydrogen-bond donors (Lipinski definition) is 2. The van der Waals surface area contributed by atoms with Crippen molar-refractivity contribution in [1.29, 1.82) is 0 Å².